The van der Waals surface area contributed by atoms with E-state index in [-0.39, 0.29) is 24.5 Å². The topological polar surface area (TPSA) is 80.2 Å². The second-order valence-electron chi connectivity index (χ2n) is 8.92. The molecule has 3 aromatic rings. The van der Waals surface area contributed by atoms with Gasteiger partial charge in [0.1, 0.15) is 6.61 Å². The average Bonchev–Trinajstić information content (AvgIpc) is 2.92. The lowest BCUT2D eigenvalue weighted by molar-refractivity contribution is -0.141. The van der Waals surface area contributed by atoms with Crippen LogP contribution < -0.4 is 5.32 Å². The van der Waals surface area contributed by atoms with Gasteiger partial charge >= 0.3 is 5.97 Å². The lowest BCUT2D eigenvalue weighted by Crippen LogP contribution is -2.42. The number of ether oxygens (including phenoxy) is 2. The number of nitrogens with one attached hydrogen (secondary N) is 1. The largest absolute Gasteiger partial charge is 0.460 e. The lowest BCUT2D eigenvalue weighted by atomic mass is 9.94. The zero-order valence-corrected chi connectivity index (χ0v) is 21.7. The molecule has 3 aromatic carbocycles. The summed E-state index contributed by atoms with van der Waals surface area (Å²) in [7, 11) is 1.57. The van der Waals surface area contributed by atoms with Crippen LogP contribution in [0.15, 0.2) is 83.0 Å². The monoisotopic (exact) mass is 515 g/mol. The van der Waals surface area contributed by atoms with E-state index in [0.29, 0.717) is 29.1 Å². The molecule has 0 spiro atoms. The Kier molecular flexibility index (Phi) is 7.58. The van der Waals surface area contributed by atoms with Crippen molar-refractivity contribution in [2.75, 3.05) is 37.9 Å². The summed E-state index contributed by atoms with van der Waals surface area (Å²) >= 11 is 1.71. The normalized spacial score (nSPS) is 17.3. The molecule has 0 saturated carbocycles. The SMILES string of the molecule is COCCOC(=O)C1=C(C)N=C2SCCCN2[C@@H]1c1ccc(NC(=O)c2cccc3ccccc23)cc1. The van der Waals surface area contributed by atoms with Crippen LogP contribution in [0, 0.1) is 0 Å². The molecule has 0 unspecified atom stereocenters. The van der Waals surface area contributed by atoms with Gasteiger partial charge in [-0.05, 0) is 47.9 Å². The number of carbonyl (C=O) groups is 2. The first kappa shape index (κ1) is 25.0. The minimum absolute atomic E-state index is 0.165. The molecule has 0 aromatic heterocycles. The Hall–Kier alpha value is -3.62. The van der Waals surface area contributed by atoms with Crippen LogP contribution in [-0.2, 0) is 14.3 Å². The zero-order chi connectivity index (χ0) is 25.8. The average molecular weight is 516 g/mol. The molecule has 2 aliphatic rings. The van der Waals surface area contributed by atoms with Crippen molar-refractivity contribution in [2.24, 2.45) is 4.99 Å². The summed E-state index contributed by atoms with van der Waals surface area (Å²) in [5, 5.41) is 5.87. The number of amidine groups is 1. The Labute approximate surface area is 220 Å². The molecule has 1 saturated heterocycles. The van der Waals surface area contributed by atoms with E-state index in [0.717, 1.165) is 40.2 Å². The van der Waals surface area contributed by atoms with Crippen LogP contribution in [0.2, 0.25) is 0 Å². The molecule has 1 atom stereocenters. The maximum Gasteiger partial charge on any atom is 0.338 e. The van der Waals surface area contributed by atoms with Crippen LogP contribution in [0.25, 0.3) is 10.8 Å². The molecule has 37 heavy (non-hydrogen) atoms. The van der Waals surface area contributed by atoms with Crippen molar-refractivity contribution < 1.29 is 19.1 Å². The Morgan fingerprint density at radius 1 is 1.05 bits per heavy atom. The van der Waals surface area contributed by atoms with Gasteiger partial charge < -0.3 is 19.7 Å². The number of esters is 1. The van der Waals surface area contributed by atoms with Crippen LogP contribution in [0.3, 0.4) is 0 Å². The molecule has 1 N–H and O–H groups in total. The minimum atomic E-state index is -0.383. The number of amides is 1. The predicted molar refractivity (Wildman–Crippen MR) is 148 cm³/mol. The van der Waals surface area contributed by atoms with E-state index in [9.17, 15) is 9.59 Å². The summed E-state index contributed by atoms with van der Waals surface area (Å²) in [5.74, 6) is 0.454. The van der Waals surface area contributed by atoms with Crippen molar-refractivity contribution in [1.29, 1.82) is 0 Å². The first-order chi connectivity index (χ1) is 18.1. The molecule has 1 fully saturated rings. The maximum absolute atomic E-state index is 13.1. The van der Waals surface area contributed by atoms with Crippen LogP contribution in [-0.4, -0.2) is 54.6 Å². The minimum Gasteiger partial charge on any atom is -0.460 e. The Morgan fingerprint density at radius 2 is 1.84 bits per heavy atom. The molecule has 5 rings (SSSR count). The summed E-state index contributed by atoms with van der Waals surface area (Å²) < 4.78 is 10.5. The molecule has 2 aliphatic heterocycles. The summed E-state index contributed by atoms with van der Waals surface area (Å²) in [6, 6.07) is 20.9. The summed E-state index contributed by atoms with van der Waals surface area (Å²) in [5.41, 5.74) is 3.46. The van der Waals surface area contributed by atoms with Crippen LogP contribution in [0.4, 0.5) is 5.69 Å². The van der Waals surface area contributed by atoms with E-state index in [1.165, 1.54) is 0 Å². The number of aliphatic imine (C=N–C) groups is 1. The standard InChI is InChI=1S/C29H29N3O4S/c1-19-25(28(34)36-17-16-35-2)26(32-15-6-18-37-29(32)30-19)21-11-13-22(14-12-21)31-27(33)24-10-5-8-20-7-3-4-9-23(20)24/h3-5,7-14,26H,6,15-18H2,1-2H3,(H,31,33)/t26-/m1/s1. The van der Waals surface area contributed by atoms with Gasteiger partial charge in [0.15, 0.2) is 5.17 Å². The van der Waals surface area contributed by atoms with E-state index in [4.69, 9.17) is 14.5 Å². The third kappa shape index (κ3) is 5.26. The number of benzene rings is 3. The molecular formula is C29H29N3O4S. The Balaban J connectivity index is 1.41. The quantitative estimate of drug-likeness (QED) is 0.335. The van der Waals surface area contributed by atoms with Crippen LogP contribution in [0.5, 0.6) is 0 Å². The number of rotatable bonds is 7. The molecule has 0 bridgehead atoms. The van der Waals surface area contributed by atoms with E-state index < -0.39 is 0 Å². The lowest BCUT2D eigenvalue weighted by Gasteiger charge is -2.40. The van der Waals surface area contributed by atoms with Crippen molar-refractivity contribution in [3.05, 3.63) is 89.1 Å². The van der Waals surface area contributed by atoms with Gasteiger partial charge in [0.05, 0.1) is 23.9 Å². The number of hydrogen-bond acceptors (Lipinski definition) is 7. The van der Waals surface area contributed by atoms with Gasteiger partial charge in [-0.25, -0.2) is 9.79 Å². The molecule has 7 nitrogen and oxygen atoms in total. The number of thioether (sulfide) groups is 1. The van der Waals surface area contributed by atoms with Gasteiger partial charge in [-0.2, -0.15) is 0 Å². The number of fused-ring (bicyclic) bond motifs is 2. The number of methoxy groups -OCH3 is 1. The first-order valence-corrected chi connectivity index (χ1v) is 13.3. The smallest absolute Gasteiger partial charge is 0.338 e. The van der Waals surface area contributed by atoms with E-state index in [1.54, 1.807) is 18.9 Å². The van der Waals surface area contributed by atoms with Gasteiger partial charge in [0.25, 0.3) is 5.91 Å². The van der Waals surface area contributed by atoms with E-state index in [2.05, 4.69) is 10.2 Å². The Morgan fingerprint density at radius 3 is 2.65 bits per heavy atom. The number of hydrogen-bond donors (Lipinski definition) is 1. The highest BCUT2D eigenvalue weighted by Crippen LogP contribution is 2.40. The summed E-state index contributed by atoms with van der Waals surface area (Å²) in [6.45, 7) is 3.18. The number of anilines is 1. The van der Waals surface area contributed by atoms with Crippen LogP contribution >= 0.6 is 11.8 Å². The number of allylic oxidation sites excluding steroid dienone is 1. The van der Waals surface area contributed by atoms with E-state index in [1.807, 2.05) is 73.7 Å². The summed E-state index contributed by atoms with van der Waals surface area (Å²) in [6.07, 6.45) is 1.00. The van der Waals surface area contributed by atoms with Gasteiger partial charge in [0.2, 0.25) is 0 Å². The summed E-state index contributed by atoms with van der Waals surface area (Å²) in [4.78, 5) is 33.1. The van der Waals surface area contributed by atoms with Gasteiger partial charge in [-0.1, -0.05) is 60.3 Å². The van der Waals surface area contributed by atoms with Gasteiger partial charge in [0, 0.05) is 30.7 Å². The highest BCUT2D eigenvalue weighted by molar-refractivity contribution is 8.13. The molecule has 0 radical (unpaired) electrons. The molecule has 190 valence electrons. The van der Waals surface area contributed by atoms with Gasteiger partial charge in [-0.15, -0.1) is 0 Å². The first-order valence-electron chi connectivity index (χ1n) is 12.3. The van der Waals surface area contributed by atoms with Crippen molar-refractivity contribution in [2.45, 2.75) is 19.4 Å². The third-order valence-corrected chi connectivity index (χ3v) is 7.59. The fourth-order valence-corrected chi connectivity index (χ4v) is 5.76. The van der Waals surface area contributed by atoms with Crippen molar-refractivity contribution in [3.63, 3.8) is 0 Å². The highest BCUT2D eigenvalue weighted by Gasteiger charge is 2.37. The Bertz CT molecular complexity index is 1380. The van der Waals surface area contributed by atoms with Crippen molar-refractivity contribution in [3.8, 4) is 0 Å². The molecule has 8 heteroatoms. The van der Waals surface area contributed by atoms with E-state index >= 15 is 0 Å². The molecule has 1 amide bonds. The highest BCUT2D eigenvalue weighted by atomic mass is 32.2. The van der Waals surface area contributed by atoms with Crippen LogP contribution in [0.1, 0.15) is 35.3 Å². The fourth-order valence-electron chi connectivity index (χ4n) is 4.74. The predicted octanol–water partition coefficient (Wildman–Crippen LogP) is 5.41. The van der Waals surface area contributed by atoms with Crippen molar-refractivity contribution >= 4 is 45.3 Å². The third-order valence-electron chi connectivity index (χ3n) is 6.52. The second kappa shape index (κ2) is 11.2. The van der Waals surface area contributed by atoms with Gasteiger partial charge in [-0.3, -0.25) is 4.79 Å². The molecule has 2 heterocycles. The van der Waals surface area contributed by atoms with Crippen molar-refractivity contribution in [1.82, 2.24) is 4.90 Å². The molecular weight excluding hydrogens is 486 g/mol. The number of nitrogens with zero attached hydrogens (tertiary/aromatic N) is 2. The number of carbonyl (C=O) groups excluding carboxylic acids is 2. The zero-order valence-electron chi connectivity index (χ0n) is 20.9. The second-order valence-corrected chi connectivity index (χ2v) is 9.99. The molecule has 0 aliphatic carbocycles. The fraction of sp³-hybridized carbons (Fsp3) is 0.276. The maximum atomic E-state index is 13.1.